The molecule has 1 nitrogen and oxygen atoms in total. The normalized spacial score (nSPS) is 12.9. The molecule has 0 N–H and O–H groups in total. The lowest BCUT2D eigenvalue weighted by molar-refractivity contribution is -0.870. The third-order valence-corrected chi connectivity index (χ3v) is 2.35. The summed E-state index contributed by atoms with van der Waals surface area (Å²) >= 11 is 0. The van der Waals surface area contributed by atoms with Gasteiger partial charge in [-0.25, -0.2) is 0 Å². The van der Waals surface area contributed by atoms with Crippen molar-refractivity contribution in [2.45, 2.75) is 12.6 Å². The van der Waals surface area contributed by atoms with Gasteiger partial charge in [0.15, 0.2) is 0 Å². The van der Waals surface area contributed by atoms with E-state index in [-0.39, 0.29) is 0 Å². The van der Waals surface area contributed by atoms with Crippen LogP contribution in [0.4, 0.5) is 13.2 Å². The molecule has 90 valence electrons. The molecule has 0 saturated carbocycles. The lowest BCUT2D eigenvalue weighted by atomic mass is 10.1. The van der Waals surface area contributed by atoms with Crippen LogP contribution in [0, 0.1) is 0 Å². The molecule has 0 unspecified atom stereocenters. The predicted octanol–water partition coefficient (Wildman–Crippen LogP) is 2.95. The molecule has 0 amide bonds. The van der Waals surface area contributed by atoms with Crippen LogP contribution in [-0.4, -0.2) is 32.2 Å². The van der Waals surface area contributed by atoms with Gasteiger partial charge < -0.3 is 4.48 Å². The van der Waals surface area contributed by atoms with E-state index in [1.54, 1.807) is 12.1 Å². The largest absolute Gasteiger partial charge is 0.416 e. The zero-order valence-corrected chi connectivity index (χ0v) is 9.80. The van der Waals surface area contributed by atoms with E-state index in [9.17, 15) is 13.2 Å². The van der Waals surface area contributed by atoms with Crippen LogP contribution >= 0.6 is 0 Å². The number of quaternary nitrogens is 1. The highest BCUT2D eigenvalue weighted by Gasteiger charge is 2.29. The van der Waals surface area contributed by atoms with Gasteiger partial charge >= 0.3 is 6.18 Å². The summed E-state index contributed by atoms with van der Waals surface area (Å²) < 4.78 is 37.7. The first-order chi connectivity index (χ1) is 7.18. The fourth-order valence-corrected chi connectivity index (χ4v) is 1.32. The smallest absolute Gasteiger partial charge is 0.331 e. The summed E-state index contributed by atoms with van der Waals surface area (Å²) in [5.41, 5.74) is 0.363. The summed E-state index contributed by atoms with van der Waals surface area (Å²) in [5.74, 6) is 0. The number of rotatable bonds is 3. The Bertz CT molecular complexity index is 333. The van der Waals surface area contributed by atoms with Crippen molar-refractivity contribution in [3.05, 3.63) is 35.4 Å². The molecule has 0 bridgehead atoms. The maximum atomic E-state index is 12.3. The van der Waals surface area contributed by atoms with E-state index >= 15 is 0 Å². The van der Waals surface area contributed by atoms with Crippen LogP contribution in [0.15, 0.2) is 24.3 Å². The second-order valence-electron chi connectivity index (χ2n) is 4.96. The fraction of sp³-hybridized carbons (Fsp3) is 0.500. The molecular formula is C12H17F3N+. The number of halogens is 3. The number of benzene rings is 1. The maximum absolute atomic E-state index is 12.3. The molecule has 16 heavy (non-hydrogen) atoms. The Hall–Kier alpha value is -1.03. The summed E-state index contributed by atoms with van der Waals surface area (Å²) in [6, 6.07) is 5.40. The Morgan fingerprint density at radius 1 is 1.00 bits per heavy atom. The summed E-state index contributed by atoms with van der Waals surface area (Å²) in [5, 5.41) is 0. The molecular weight excluding hydrogens is 215 g/mol. The molecule has 0 radical (unpaired) electrons. The fourth-order valence-electron chi connectivity index (χ4n) is 1.32. The number of hydrogen-bond acceptors (Lipinski definition) is 0. The molecule has 0 aromatic heterocycles. The average Bonchev–Trinajstić information content (AvgIpc) is 2.13. The van der Waals surface area contributed by atoms with Gasteiger partial charge in [0.2, 0.25) is 0 Å². The van der Waals surface area contributed by atoms with E-state index in [4.69, 9.17) is 0 Å². The third-order valence-electron chi connectivity index (χ3n) is 2.35. The molecule has 1 aromatic carbocycles. The zero-order chi connectivity index (χ0) is 12.4. The molecule has 1 aromatic rings. The number of likely N-dealkylation sites (N-methyl/N-ethyl adjacent to an activating group) is 1. The number of nitrogens with zero attached hydrogens (tertiary/aromatic N) is 1. The summed E-state index contributed by atoms with van der Waals surface area (Å²) in [6.07, 6.45) is -3.44. The van der Waals surface area contributed by atoms with E-state index in [2.05, 4.69) is 21.1 Å². The Balaban J connectivity index is 2.66. The zero-order valence-electron chi connectivity index (χ0n) is 9.80. The SMILES string of the molecule is C[N+](C)(C)CCc1ccc(C(F)(F)F)cc1. The van der Waals surface area contributed by atoms with E-state index in [0.717, 1.165) is 35.1 Å². The summed E-state index contributed by atoms with van der Waals surface area (Å²) in [4.78, 5) is 0. The quantitative estimate of drug-likeness (QED) is 0.703. The highest BCUT2D eigenvalue weighted by atomic mass is 19.4. The monoisotopic (exact) mass is 232 g/mol. The van der Waals surface area contributed by atoms with Crippen molar-refractivity contribution in [1.82, 2.24) is 0 Å². The van der Waals surface area contributed by atoms with Crippen LogP contribution in [0.1, 0.15) is 11.1 Å². The Kier molecular flexibility index (Phi) is 3.63. The van der Waals surface area contributed by atoms with Crippen LogP contribution in [0.3, 0.4) is 0 Å². The molecule has 0 aliphatic rings. The first kappa shape index (κ1) is 13.0. The molecule has 4 heteroatoms. The summed E-state index contributed by atoms with van der Waals surface area (Å²) in [6.45, 7) is 0.908. The average molecular weight is 232 g/mol. The standard InChI is InChI=1S/C12H17F3N/c1-16(2,3)9-8-10-4-6-11(7-5-10)12(13,14)15/h4-7H,8-9H2,1-3H3/q+1. The third kappa shape index (κ3) is 4.23. The predicted molar refractivity (Wildman–Crippen MR) is 58.0 cm³/mol. The van der Waals surface area contributed by atoms with Gasteiger partial charge in [0.25, 0.3) is 0 Å². The van der Waals surface area contributed by atoms with Crippen LogP contribution in [0.25, 0.3) is 0 Å². The minimum Gasteiger partial charge on any atom is -0.331 e. The van der Waals surface area contributed by atoms with Gasteiger partial charge in [-0.15, -0.1) is 0 Å². The Morgan fingerprint density at radius 3 is 1.88 bits per heavy atom. The van der Waals surface area contributed by atoms with Crippen molar-refractivity contribution in [2.75, 3.05) is 27.7 Å². The van der Waals surface area contributed by atoms with E-state index in [1.807, 2.05) is 0 Å². The van der Waals surface area contributed by atoms with Crippen molar-refractivity contribution in [3.63, 3.8) is 0 Å². The topological polar surface area (TPSA) is 0 Å². The van der Waals surface area contributed by atoms with E-state index < -0.39 is 11.7 Å². The first-order valence-electron chi connectivity index (χ1n) is 5.15. The van der Waals surface area contributed by atoms with Crippen molar-refractivity contribution in [3.8, 4) is 0 Å². The lowest BCUT2D eigenvalue weighted by Crippen LogP contribution is -2.36. The van der Waals surface area contributed by atoms with Gasteiger partial charge in [-0.2, -0.15) is 13.2 Å². The minimum absolute atomic E-state index is 0.582. The Labute approximate surface area is 94.1 Å². The van der Waals surface area contributed by atoms with Crippen LogP contribution < -0.4 is 0 Å². The second kappa shape index (κ2) is 4.45. The molecule has 0 heterocycles. The molecule has 0 aliphatic heterocycles. The summed E-state index contributed by atoms with van der Waals surface area (Å²) in [7, 11) is 6.18. The van der Waals surface area contributed by atoms with Crippen molar-refractivity contribution in [1.29, 1.82) is 0 Å². The highest BCUT2D eigenvalue weighted by Crippen LogP contribution is 2.29. The van der Waals surface area contributed by atoms with Gasteiger partial charge in [-0.05, 0) is 17.7 Å². The second-order valence-corrected chi connectivity index (χ2v) is 4.96. The molecule has 0 spiro atoms. The van der Waals surface area contributed by atoms with Crippen molar-refractivity contribution >= 4 is 0 Å². The molecule has 0 aliphatic carbocycles. The van der Waals surface area contributed by atoms with Crippen LogP contribution in [-0.2, 0) is 12.6 Å². The van der Waals surface area contributed by atoms with Gasteiger partial charge in [-0.3, -0.25) is 0 Å². The molecule has 1 rings (SSSR count). The highest BCUT2D eigenvalue weighted by molar-refractivity contribution is 5.24. The van der Waals surface area contributed by atoms with Gasteiger partial charge in [0, 0.05) is 6.42 Å². The van der Waals surface area contributed by atoms with Gasteiger partial charge in [-0.1, -0.05) is 12.1 Å². The van der Waals surface area contributed by atoms with Crippen LogP contribution in [0.2, 0.25) is 0 Å². The van der Waals surface area contributed by atoms with Crippen molar-refractivity contribution in [2.24, 2.45) is 0 Å². The molecule has 0 fully saturated rings. The van der Waals surface area contributed by atoms with Crippen LogP contribution in [0.5, 0.6) is 0 Å². The van der Waals surface area contributed by atoms with Gasteiger partial charge in [0.05, 0.1) is 33.3 Å². The van der Waals surface area contributed by atoms with Crippen molar-refractivity contribution < 1.29 is 17.7 Å². The molecule has 0 saturated heterocycles. The minimum atomic E-state index is -4.24. The maximum Gasteiger partial charge on any atom is 0.416 e. The number of hydrogen-bond donors (Lipinski definition) is 0. The van der Waals surface area contributed by atoms with E-state index in [0.29, 0.717) is 0 Å². The Morgan fingerprint density at radius 2 is 1.50 bits per heavy atom. The first-order valence-corrected chi connectivity index (χ1v) is 5.15. The van der Waals surface area contributed by atoms with Gasteiger partial charge in [0.1, 0.15) is 0 Å². The van der Waals surface area contributed by atoms with E-state index in [1.165, 1.54) is 0 Å². The number of alkyl halides is 3. The lowest BCUT2D eigenvalue weighted by Gasteiger charge is -2.23. The molecule has 0 atom stereocenters.